The molecule has 2 aromatic rings. The predicted molar refractivity (Wildman–Crippen MR) is 106 cm³/mol. The lowest BCUT2D eigenvalue weighted by atomic mass is 9.78. The van der Waals surface area contributed by atoms with Crippen LogP contribution in [0.3, 0.4) is 0 Å². The fourth-order valence-corrected chi connectivity index (χ4v) is 4.20. The van der Waals surface area contributed by atoms with E-state index in [1.807, 2.05) is 24.3 Å². The van der Waals surface area contributed by atoms with E-state index in [1.165, 1.54) is 0 Å². The second kappa shape index (κ2) is 7.50. The minimum atomic E-state index is -0.708. The van der Waals surface area contributed by atoms with Gasteiger partial charge in [-0.25, -0.2) is 0 Å². The first kappa shape index (κ1) is 19.2. The minimum absolute atomic E-state index is 0.145. The summed E-state index contributed by atoms with van der Waals surface area (Å²) < 4.78 is 25.2. The van der Waals surface area contributed by atoms with Crippen LogP contribution in [0.4, 0.5) is 0 Å². The molecule has 1 saturated heterocycles. The van der Waals surface area contributed by atoms with E-state index in [0.717, 1.165) is 36.8 Å². The van der Waals surface area contributed by atoms with Crippen molar-refractivity contribution in [2.75, 3.05) is 0 Å². The average Bonchev–Trinajstić information content (AvgIpc) is 2.77. The number of hydrogen-bond acceptors (Lipinski definition) is 6. The summed E-state index contributed by atoms with van der Waals surface area (Å²) in [6.07, 6.45) is 3.07. The molecule has 30 heavy (non-hydrogen) atoms. The van der Waals surface area contributed by atoms with E-state index in [2.05, 4.69) is 12.1 Å². The molecule has 0 unspecified atom stereocenters. The maximum Gasteiger partial charge on any atom is 0.195 e. The van der Waals surface area contributed by atoms with E-state index in [-0.39, 0.29) is 12.2 Å². The molecule has 6 nitrogen and oxygen atoms in total. The van der Waals surface area contributed by atoms with Crippen LogP contribution in [0, 0.1) is 22.7 Å². The van der Waals surface area contributed by atoms with Crippen molar-refractivity contribution >= 4 is 0 Å². The molecule has 2 aromatic carbocycles. The van der Waals surface area contributed by atoms with Gasteiger partial charge in [0.05, 0.1) is 36.5 Å². The maximum absolute atomic E-state index is 8.93. The molecule has 4 atom stereocenters. The van der Waals surface area contributed by atoms with Crippen LogP contribution in [0.5, 0.6) is 0 Å². The van der Waals surface area contributed by atoms with Gasteiger partial charge in [-0.15, -0.1) is 0 Å². The van der Waals surface area contributed by atoms with Crippen LogP contribution in [-0.4, -0.2) is 23.8 Å². The van der Waals surface area contributed by atoms with Crippen molar-refractivity contribution in [2.24, 2.45) is 0 Å². The first-order valence-corrected chi connectivity index (χ1v) is 10.3. The van der Waals surface area contributed by atoms with E-state index in [9.17, 15) is 0 Å². The van der Waals surface area contributed by atoms with Crippen LogP contribution in [0.25, 0.3) is 0 Å². The Labute approximate surface area is 175 Å². The van der Waals surface area contributed by atoms with Crippen LogP contribution in [0.2, 0.25) is 0 Å². The zero-order valence-corrected chi connectivity index (χ0v) is 16.5. The number of nitriles is 2. The lowest BCUT2D eigenvalue weighted by Crippen LogP contribution is -2.73. The van der Waals surface area contributed by atoms with Crippen molar-refractivity contribution in [3.8, 4) is 12.1 Å². The summed E-state index contributed by atoms with van der Waals surface area (Å²) in [7, 11) is 0. The molecule has 152 valence electrons. The molecule has 6 heteroatoms. The summed E-state index contributed by atoms with van der Waals surface area (Å²) in [4.78, 5) is 0. The predicted octanol–water partition coefficient (Wildman–Crippen LogP) is 3.93. The Bertz CT molecular complexity index is 924. The molecule has 0 N–H and O–H groups in total. The van der Waals surface area contributed by atoms with Gasteiger partial charge in [0, 0.05) is 12.8 Å². The normalized spacial score (nSPS) is 31.3. The highest BCUT2D eigenvalue weighted by Gasteiger charge is 2.66. The van der Waals surface area contributed by atoms with Gasteiger partial charge in [0.2, 0.25) is 0 Å². The zero-order chi connectivity index (χ0) is 20.6. The number of ether oxygens (including phenoxy) is 4. The standard InChI is InChI=1S/C24H22N2O4/c25-13-17-1-5-19(6-2-17)15-27-23-11-9-21(23)30-24(12-10-22(24)29-23)28-16-20-7-3-18(14-26)4-8-20/h1-8,21-22H,9-12,15-16H2/t21-,22+,23+,24-. The van der Waals surface area contributed by atoms with Gasteiger partial charge in [-0.1, -0.05) is 24.3 Å². The molecule has 0 amide bonds. The van der Waals surface area contributed by atoms with Crippen molar-refractivity contribution in [2.45, 2.75) is 62.7 Å². The van der Waals surface area contributed by atoms with Crippen molar-refractivity contribution in [3.05, 3.63) is 70.8 Å². The van der Waals surface area contributed by atoms with Crippen molar-refractivity contribution in [3.63, 3.8) is 0 Å². The monoisotopic (exact) mass is 402 g/mol. The third-order valence-corrected chi connectivity index (χ3v) is 6.31. The first-order valence-electron chi connectivity index (χ1n) is 10.3. The van der Waals surface area contributed by atoms with Crippen LogP contribution in [0.1, 0.15) is 47.9 Å². The Morgan fingerprint density at radius 2 is 1.13 bits per heavy atom. The molecular formula is C24H22N2O4. The second-order valence-corrected chi connectivity index (χ2v) is 8.11. The largest absolute Gasteiger partial charge is 0.343 e. The van der Waals surface area contributed by atoms with Gasteiger partial charge in [0.25, 0.3) is 0 Å². The van der Waals surface area contributed by atoms with E-state index in [1.54, 1.807) is 24.3 Å². The fourth-order valence-electron chi connectivity index (χ4n) is 4.20. The van der Waals surface area contributed by atoms with E-state index < -0.39 is 11.6 Å². The molecule has 0 aromatic heterocycles. The van der Waals surface area contributed by atoms with Crippen LogP contribution in [0.15, 0.2) is 48.5 Å². The van der Waals surface area contributed by atoms with Gasteiger partial charge in [-0.05, 0) is 48.2 Å². The Morgan fingerprint density at radius 3 is 1.43 bits per heavy atom. The number of benzene rings is 2. The zero-order valence-electron chi connectivity index (χ0n) is 16.5. The highest BCUT2D eigenvalue weighted by atomic mass is 16.8. The highest BCUT2D eigenvalue weighted by Crippen LogP contribution is 2.55. The molecule has 0 radical (unpaired) electrons. The number of fused-ring (bicyclic) bond motifs is 2. The Morgan fingerprint density at radius 1 is 0.733 bits per heavy atom. The lowest BCUT2D eigenvalue weighted by Gasteiger charge is -2.62. The van der Waals surface area contributed by atoms with Gasteiger partial charge < -0.3 is 18.9 Å². The first-order chi connectivity index (χ1) is 14.6. The molecule has 1 aliphatic heterocycles. The van der Waals surface area contributed by atoms with E-state index in [0.29, 0.717) is 24.3 Å². The number of nitrogens with zero attached hydrogens (tertiary/aromatic N) is 2. The maximum atomic E-state index is 8.93. The molecule has 2 aliphatic carbocycles. The topological polar surface area (TPSA) is 84.5 Å². The van der Waals surface area contributed by atoms with E-state index in [4.69, 9.17) is 29.5 Å². The smallest absolute Gasteiger partial charge is 0.195 e. The number of rotatable bonds is 6. The van der Waals surface area contributed by atoms with Gasteiger partial charge in [0.15, 0.2) is 11.6 Å². The summed E-state index contributed by atoms with van der Waals surface area (Å²) in [5.41, 5.74) is 3.27. The SMILES string of the molecule is N#Cc1ccc(CO[C@@]23CC[C@@H]2O[C@@]2(OCc4ccc(C#N)cc4)CC[C@H]2O3)cc1. The third-order valence-electron chi connectivity index (χ3n) is 6.31. The van der Waals surface area contributed by atoms with Crippen LogP contribution >= 0.6 is 0 Å². The van der Waals surface area contributed by atoms with Crippen molar-refractivity contribution in [1.82, 2.24) is 0 Å². The average molecular weight is 402 g/mol. The summed E-state index contributed by atoms with van der Waals surface area (Å²) in [5, 5.41) is 17.9. The number of hydrogen-bond donors (Lipinski definition) is 0. The van der Waals surface area contributed by atoms with Gasteiger partial charge >= 0.3 is 0 Å². The fraction of sp³-hybridized carbons (Fsp3) is 0.417. The molecule has 2 saturated carbocycles. The van der Waals surface area contributed by atoms with Gasteiger partial charge in [0.1, 0.15) is 12.2 Å². The Hall–Kier alpha value is -2.74. The lowest BCUT2D eigenvalue weighted by molar-refractivity contribution is -0.494. The van der Waals surface area contributed by atoms with Gasteiger partial charge in [-0.3, -0.25) is 0 Å². The molecule has 5 rings (SSSR count). The van der Waals surface area contributed by atoms with E-state index >= 15 is 0 Å². The molecule has 3 aliphatic rings. The third kappa shape index (κ3) is 3.29. The minimum Gasteiger partial charge on any atom is -0.343 e. The molecule has 1 heterocycles. The van der Waals surface area contributed by atoms with Crippen molar-refractivity contribution in [1.29, 1.82) is 10.5 Å². The van der Waals surface area contributed by atoms with Crippen molar-refractivity contribution < 1.29 is 18.9 Å². The summed E-state index contributed by atoms with van der Waals surface area (Å²) in [6.45, 7) is 0.828. The van der Waals surface area contributed by atoms with Gasteiger partial charge in [-0.2, -0.15) is 10.5 Å². The Kier molecular flexibility index (Phi) is 4.81. The Balaban J connectivity index is 1.21. The molecule has 0 bridgehead atoms. The quantitative estimate of drug-likeness (QED) is 0.728. The second-order valence-electron chi connectivity index (χ2n) is 8.11. The van der Waals surface area contributed by atoms with Crippen LogP contribution < -0.4 is 0 Å². The summed E-state index contributed by atoms with van der Waals surface area (Å²) in [5.74, 6) is -1.42. The molecule has 3 fully saturated rings. The van der Waals surface area contributed by atoms with Crippen LogP contribution in [-0.2, 0) is 32.2 Å². The summed E-state index contributed by atoms with van der Waals surface area (Å²) in [6, 6.07) is 19.0. The highest BCUT2D eigenvalue weighted by molar-refractivity contribution is 5.32. The summed E-state index contributed by atoms with van der Waals surface area (Å²) >= 11 is 0. The molecule has 0 spiro atoms. The molecular weight excluding hydrogens is 380 g/mol.